The van der Waals surface area contributed by atoms with E-state index >= 15 is 0 Å². The molecule has 2 aliphatic heterocycles. The molecule has 106 valence electrons. The summed E-state index contributed by atoms with van der Waals surface area (Å²) < 4.78 is 10.7. The lowest BCUT2D eigenvalue weighted by Gasteiger charge is -2.38. The van der Waals surface area contributed by atoms with Crippen LogP contribution in [0.15, 0.2) is 24.3 Å². The van der Waals surface area contributed by atoms with Crippen LogP contribution in [0.25, 0.3) is 0 Å². The van der Waals surface area contributed by atoms with Gasteiger partial charge >= 0.3 is 5.97 Å². The van der Waals surface area contributed by atoms with Crippen LogP contribution in [0.2, 0.25) is 0 Å². The van der Waals surface area contributed by atoms with E-state index in [2.05, 4.69) is 0 Å². The van der Waals surface area contributed by atoms with Crippen LogP contribution in [-0.2, 0) is 20.7 Å². The van der Waals surface area contributed by atoms with Gasteiger partial charge in [-0.25, -0.2) is 4.79 Å². The molecule has 0 bridgehead atoms. The molecule has 1 amide bonds. The average Bonchev–Trinajstić information content (AvgIpc) is 2.47. The highest BCUT2D eigenvalue weighted by Crippen LogP contribution is 2.29. The molecule has 0 radical (unpaired) electrons. The summed E-state index contributed by atoms with van der Waals surface area (Å²) >= 11 is 0. The van der Waals surface area contributed by atoms with Crippen LogP contribution >= 0.6 is 0 Å². The number of cyclic esters (lactones) is 1. The molecule has 5 heteroatoms. The Morgan fingerprint density at radius 3 is 2.70 bits per heavy atom. The van der Waals surface area contributed by atoms with Gasteiger partial charge in [-0.05, 0) is 18.6 Å². The van der Waals surface area contributed by atoms with E-state index in [1.165, 1.54) is 0 Å². The Morgan fingerprint density at radius 1 is 1.25 bits per heavy atom. The zero-order valence-corrected chi connectivity index (χ0v) is 11.4. The maximum atomic E-state index is 12.6. The minimum atomic E-state index is -1.11. The SMILES string of the molecule is C[C@@]1(C(=O)N2CCOCC2)Cc2ccccc2C(=O)O1. The quantitative estimate of drug-likeness (QED) is 0.718. The normalized spacial score (nSPS) is 25.9. The summed E-state index contributed by atoms with van der Waals surface area (Å²) in [6.07, 6.45) is 0.422. The number of carbonyl (C=O) groups is 2. The number of rotatable bonds is 1. The molecule has 2 aliphatic rings. The van der Waals surface area contributed by atoms with Crippen molar-refractivity contribution in [1.82, 2.24) is 4.90 Å². The van der Waals surface area contributed by atoms with Crippen LogP contribution in [-0.4, -0.2) is 48.7 Å². The number of morpholine rings is 1. The first-order valence-corrected chi connectivity index (χ1v) is 6.78. The lowest BCUT2D eigenvalue weighted by atomic mass is 9.89. The first-order chi connectivity index (χ1) is 9.60. The van der Waals surface area contributed by atoms with Crippen LogP contribution in [0.3, 0.4) is 0 Å². The van der Waals surface area contributed by atoms with Crippen LogP contribution in [0.1, 0.15) is 22.8 Å². The predicted molar refractivity (Wildman–Crippen MR) is 71.4 cm³/mol. The van der Waals surface area contributed by atoms with E-state index in [1.807, 2.05) is 12.1 Å². The topological polar surface area (TPSA) is 55.8 Å². The second-order valence-corrected chi connectivity index (χ2v) is 5.36. The molecule has 0 spiro atoms. The number of fused-ring (bicyclic) bond motifs is 1. The van der Waals surface area contributed by atoms with Gasteiger partial charge in [0.2, 0.25) is 0 Å². The fourth-order valence-corrected chi connectivity index (χ4v) is 2.75. The van der Waals surface area contributed by atoms with Crippen molar-refractivity contribution in [1.29, 1.82) is 0 Å². The van der Waals surface area contributed by atoms with Crippen molar-refractivity contribution in [2.24, 2.45) is 0 Å². The van der Waals surface area contributed by atoms with Gasteiger partial charge in [-0.2, -0.15) is 0 Å². The summed E-state index contributed by atoms with van der Waals surface area (Å²) in [5, 5.41) is 0. The molecule has 1 fully saturated rings. The van der Waals surface area contributed by atoms with Gasteiger partial charge in [-0.3, -0.25) is 4.79 Å². The number of nitrogens with zero attached hydrogens (tertiary/aromatic N) is 1. The van der Waals surface area contributed by atoms with Crippen LogP contribution < -0.4 is 0 Å². The Kier molecular flexibility index (Phi) is 3.22. The third-order valence-electron chi connectivity index (χ3n) is 3.83. The molecule has 5 nitrogen and oxygen atoms in total. The van der Waals surface area contributed by atoms with Crippen molar-refractivity contribution >= 4 is 11.9 Å². The third kappa shape index (κ3) is 2.18. The lowest BCUT2D eigenvalue weighted by Crippen LogP contribution is -2.55. The fraction of sp³-hybridized carbons (Fsp3) is 0.467. The molecule has 0 N–H and O–H groups in total. The summed E-state index contributed by atoms with van der Waals surface area (Å²) in [5.74, 6) is -0.556. The molecule has 0 saturated carbocycles. The van der Waals surface area contributed by atoms with Crippen molar-refractivity contribution in [3.05, 3.63) is 35.4 Å². The number of carbonyl (C=O) groups excluding carboxylic acids is 2. The zero-order chi connectivity index (χ0) is 14.2. The van der Waals surface area contributed by atoms with E-state index in [0.29, 0.717) is 38.3 Å². The summed E-state index contributed by atoms with van der Waals surface area (Å²) in [5.41, 5.74) is 0.315. The van der Waals surface area contributed by atoms with Gasteiger partial charge in [-0.1, -0.05) is 18.2 Å². The highest BCUT2D eigenvalue weighted by molar-refractivity contribution is 5.97. The smallest absolute Gasteiger partial charge is 0.339 e. The van der Waals surface area contributed by atoms with Gasteiger partial charge in [0.25, 0.3) is 5.91 Å². The first-order valence-electron chi connectivity index (χ1n) is 6.78. The molecule has 3 rings (SSSR count). The van der Waals surface area contributed by atoms with Crippen molar-refractivity contribution < 1.29 is 19.1 Å². The van der Waals surface area contributed by atoms with E-state index in [-0.39, 0.29) is 5.91 Å². The standard InChI is InChI=1S/C15H17NO4/c1-15(14(18)16-6-8-19-9-7-16)10-11-4-2-3-5-12(11)13(17)20-15/h2-5H,6-10H2,1H3/t15-/m0/s1. The van der Waals surface area contributed by atoms with Gasteiger partial charge in [0.1, 0.15) is 0 Å². The van der Waals surface area contributed by atoms with Gasteiger partial charge in [-0.15, -0.1) is 0 Å². The van der Waals surface area contributed by atoms with E-state index < -0.39 is 11.6 Å². The van der Waals surface area contributed by atoms with Crippen LogP contribution in [0.5, 0.6) is 0 Å². The van der Waals surface area contributed by atoms with Gasteiger partial charge in [0.15, 0.2) is 5.60 Å². The highest BCUT2D eigenvalue weighted by atomic mass is 16.6. The Balaban J connectivity index is 1.86. The molecular formula is C15H17NO4. The maximum Gasteiger partial charge on any atom is 0.339 e. The monoisotopic (exact) mass is 275 g/mol. The maximum absolute atomic E-state index is 12.6. The highest BCUT2D eigenvalue weighted by Gasteiger charge is 2.44. The number of esters is 1. The van der Waals surface area contributed by atoms with E-state index in [0.717, 1.165) is 5.56 Å². The molecule has 20 heavy (non-hydrogen) atoms. The van der Waals surface area contributed by atoms with Gasteiger partial charge in [0.05, 0.1) is 18.8 Å². The minimum absolute atomic E-state index is 0.136. The number of hydrogen-bond acceptors (Lipinski definition) is 4. The van der Waals surface area contributed by atoms with E-state index in [1.54, 1.807) is 24.0 Å². The fourth-order valence-electron chi connectivity index (χ4n) is 2.75. The predicted octanol–water partition coefficient (Wildman–Crippen LogP) is 1.02. The second kappa shape index (κ2) is 4.90. The minimum Gasteiger partial charge on any atom is -0.445 e. The van der Waals surface area contributed by atoms with Crippen LogP contribution in [0, 0.1) is 0 Å². The Hall–Kier alpha value is -1.88. The molecule has 0 aromatic heterocycles. The number of amides is 1. The summed E-state index contributed by atoms with van der Waals surface area (Å²) in [7, 11) is 0. The largest absolute Gasteiger partial charge is 0.445 e. The number of benzene rings is 1. The Labute approximate surface area is 117 Å². The van der Waals surface area contributed by atoms with Gasteiger partial charge < -0.3 is 14.4 Å². The van der Waals surface area contributed by atoms with Crippen molar-refractivity contribution in [3.63, 3.8) is 0 Å². The summed E-state index contributed by atoms with van der Waals surface area (Å²) in [6, 6.07) is 7.28. The molecule has 2 heterocycles. The molecule has 1 aromatic rings. The lowest BCUT2D eigenvalue weighted by molar-refractivity contribution is -0.155. The van der Waals surface area contributed by atoms with Crippen molar-refractivity contribution in [3.8, 4) is 0 Å². The van der Waals surface area contributed by atoms with E-state index in [9.17, 15) is 9.59 Å². The van der Waals surface area contributed by atoms with Crippen molar-refractivity contribution in [2.45, 2.75) is 18.9 Å². The third-order valence-corrected chi connectivity index (χ3v) is 3.83. The number of ether oxygens (including phenoxy) is 2. The molecule has 1 aromatic carbocycles. The van der Waals surface area contributed by atoms with Gasteiger partial charge in [0, 0.05) is 19.5 Å². The second-order valence-electron chi connectivity index (χ2n) is 5.36. The molecule has 1 saturated heterocycles. The van der Waals surface area contributed by atoms with E-state index in [4.69, 9.17) is 9.47 Å². The molecular weight excluding hydrogens is 258 g/mol. The summed E-state index contributed by atoms with van der Waals surface area (Å²) in [6.45, 7) is 3.86. The number of hydrogen-bond donors (Lipinski definition) is 0. The summed E-state index contributed by atoms with van der Waals surface area (Å²) in [4.78, 5) is 26.4. The molecule has 0 unspecified atom stereocenters. The Bertz CT molecular complexity index is 551. The molecule has 0 aliphatic carbocycles. The van der Waals surface area contributed by atoms with Crippen molar-refractivity contribution in [2.75, 3.05) is 26.3 Å². The molecule has 1 atom stereocenters. The first kappa shape index (κ1) is 13.1. The Morgan fingerprint density at radius 2 is 1.95 bits per heavy atom. The average molecular weight is 275 g/mol. The zero-order valence-electron chi connectivity index (χ0n) is 11.4. The van der Waals surface area contributed by atoms with Crippen LogP contribution in [0.4, 0.5) is 0 Å².